The second-order valence-electron chi connectivity index (χ2n) is 18.1. The van der Waals surface area contributed by atoms with Crippen LogP contribution in [0.5, 0.6) is 5.88 Å². The molecule has 0 aliphatic carbocycles. The molecule has 8 rings (SSSR count). The Kier molecular flexibility index (Phi) is 18.9. The molecule has 0 unspecified atom stereocenters. The smallest absolute Gasteiger partial charge is 0.312 e. The first-order valence-corrected chi connectivity index (χ1v) is 24.9. The molecule has 0 spiro atoms. The van der Waals surface area contributed by atoms with E-state index in [1.807, 2.05) is 81.6 Å². The largest absolute Gasteiger partial charge is 0.480 e. The molecule has 4 aromatic heterocycles. The second-order valence-corrected chi connectivity index (χ2v) is 18.1. The number of aromatic nitrogens is 4. The topological polar surface area (TPSA) is 212 Å². The van der Waals surface area contributed by atoms with Crippen LogP contribution in [0, 0.1) is 5.92 Å². The van der Waals surface area contributed by atoms with Crippen molar-refractivity contribution in [1.82, 2.24) is 40.4 Å². The summed E-state index contributed by atoms with van der Waals surface area (Å²) in [7, 11) is 3.55. The highest BCUT2D eigenvalue weighted by Crippen LogP contribution is 2.34. The number of ketones is 2. The van der Waals surface area contributed by atoms with Crippen LogP contribution in [0.4, 0.5) is 0 Å². The first kappa shape index (κ1) is 52.0. The maximum Gasteiger partial charge on any atom is 0.312 e. The monoisotopic (exact) mass is 970 g/mol. The number of amides is 3. The van der Waals surface area contributed by atoms with E-state index in [1.54, 1.807) is 25.7 Å². The number of nitrogens with zero attached hydrogens (tertiary/aromatic N) is 6. The van der Waals surface area contributed by atoms with Crippen molar-refractivity contribution in [2.45, 2.75) is 103 Å². The molecular formula is C54H66N8O9. The number of nitrogens with one attached hydrogen (secondary N) is 2. The summed E-state index contributed by atoms with van der Waals surface area (Å²) < 4.78 is 23.1. The van der Waals surface area contributed by atoms with Gasteiger partial charge in [-0.2, -0.15) is 0 Å². The molecule has 0 radical (unpaired) electrons. The fourth-order valence-electron chi connectivity index (χ4n) is 8.73. The summed E-state index contributed by atoms with van der Waals surface area (Å²) in [6.07, 6.45) is 13.6. The number of pyridine rings is 2. The highest BCUT2D eigenvalue weighted by atomic mass is 16.5. The second kappa shape index (κ2) is 25.8. The third-order valence-electron chi connectivity index (χ3n) is 12.9. The maximum absolute atomic E-state index is 12.9. The van der Waals surface area contributed by atoms with Crippen molar-refractivity contribution in [3.05, 3.63) is 91.0 Å². The molecule has 2 aromatic carbocycles. The number of unbranched alkanes of at least 4 members (excludes halogenated alkanes) is 4. The Hall–Kier alpha value is -6.85. The number of hydrogen-bond acceptors (Lipinski definition) is 14. The SMILES string of the molecule is CCC(=O)CCCCC[C@H](NC(=O)C(=O)N1CCOCC1)c1ncc(-c2cc3ccccc3nc2OC)o1.CCC(=O)CCCCC[C@H](NC(=O)C1CN(C)C1)c1ncc(-c2cccc3cccnc23)o1. The van der Waals surface area contributed by atoms with Gasteiger partial charge in [0.2, 0.25) is 23.6 Å². The number of oxazole rings is 2. The van der Waals surface area contributed by atoms with Crippen LogP contribution < -0.4 is 15.4 Å². The molecule has 2 aliphatic rings. The van der Waals surface area contributed by atoms with Gasteiger partial charge in [0.15, 0.2) is 11.5 Å². The normalized spacial score (nSPS) is 14.8. The molecule has 71 heavy (non-hydrogen) atoms. The number of rotatable bonds is 22. The zero-order valence-electron chi connectivity index (χ0n) is 41.3. The van der Waals surface area contributed by atoms with E-state index in [0.717, 1.165) is 85.4 Å². The average Bonchev–Trinajstić information content (AvgIpc) is 4.10. The number of Topliss-reactive ketones (excluding diaryl/α,β-unsaturated/α-hetero) is 2. The minimum absolute atomic E-state index is 0.0105. The number of morpholine rings is 1. The Morgan fingerprint density at radius 2 is 1.32 bits per heavy atom. The van der Waals surface area contributed by atoms with E-state index in [1.165, 1.54) is 4.90 Å². The molecule has 6 aromatic rings. The summed E-state index contributed by atoms with van der Waals surface area (Å²) in [5.74, 6) is 1.59. The van der Waals surface area contributed by atoms with Crippen molar-refractivity contribution in [1.29, 1.82) is 0 Å². The highest BCUT2D eigenvalue weighted by Gasteiger charge is 2.33. The van der Waals surface area contributed by atoms with Gasteiger partial charge in [0, 0.05) is 74.4 Å². The number of para-hydroxylation sites is 2. The first-order valence-electron chi connectivity index (χ1n) is 24.9. The molecular weight excluding hydrogens is 905 g/mol. The van der Waals surface area contributed by atoms with Crippen LogP contribution >= 0.6 is 0 Å². The standard InChI is InChI=1S/C28H34N4O6.C26H32N4O3/c1-3-20(33)10-5-4-6-12-23(30-25(34)28(35)32-13-15-37-16-14-32)27-29-18-24(38-27)21-17-19-9-7-8-11-22(19)31-26(21)36-2;1-3-20(31)11-5-4-6-13-22(29-25(32)19-16-30(2)17-19)26-28-15-23(33-26)21-12-7-9-18-10-8-14-27-24(18)21/h7-9,11,17-18,23H,3-6,10,12-16H2,1-2H3,(H,30,34);7-10,12,14-15,19,22H,3-6,11,13,16-17H2,1-2H3,(H,29,32)/t23-;22-/m00/s1. The van der Waals surface area contributed by atoms with Gasteiger partial charge >= 0.3 is 11.8 Å². The lowest BCUT2D eigenvalue weighted by atomic mass is 9.99. The minimum atomic E-state index is -0.706. The zero-order chi connectivity index (χ0) is 50.1. The lowest BCUT2D eigenvalue weighted by molar-refractivity contribution is -0.148. The molecule has 17 nitrogen and oxygen atoms in total. The summed E-state index contributed by atoms with van der Waals surface area (Å²) in [5, 5.41) is 7.94. The van der Waals surface area contributed by atoms with E-state index >= 15 is 0 Å². The number of benzene rings is 2. The van der Waals surface area contributed by atoms with Gasteiger partial charge in [-0.25, -0.2) is 15.0 Å². The molecule has 2 fully saturated rings. The van der Waals surface area contributed by atoms with Gasteiger partial charge in [-0.3, -0.25) is 29.0 Å². The van der Waals surface area contributed by atoms with E-state index in [9.17, 15) is 24.0 Å². The lowest BCUT2D eigenvalue weighted by Gasteiger charge is -2.35. The number of methoxy groups -OCH3 is 1. The first-order chi connectivity index (χ1) is 34.5. The molecule has 2 N–H and O–H groups in total. The van der Waals surface area contributed by atoms with E-state index in [-0.39, 0.29) is 23.7 Å². The van der Waals surface area contributed by atoms with Crippen LogP contribution in [0.15, 0.2) is 88.1 Å². The Bertz CT molecular complexity index is 2740. The Labute approximate surface area is 414 Å². The molecule has 6 heterocycles. The van der Waals surface area contributed by atoms with E-state index in [2.05, 4.69) is 35.5 Å². The van der Waals surface area contributed by atoms with Crippen molar-refractivity contribution in [2.75, 3.05) is 53.6 Å². The van der Waals surface area contributed by atoms with Crippen molar-refractivity contribution < 1.29 is 42.3 Å². The Morgan fingerprint density at radius 1 is 0.718 bits per heavy atom. The number of carbonyl (C=O) groups excluding carboxylic acids is 5. The molecule has 0 saturated carbocycles. The molecule has 17 heteroatoms. The highest BCUT2D eigenvalue weighted by molar-refractivity contribution is 6.35. The van der Waals surface area contributed by atoms with Gasteiger partial charge in [-0.15, -0.1) is 0 Å². The van der Waals surface area contributed by atoms with Crippen LogP contribution in [0.3, 0.4) is 0 Å². The predicted octanol–water partition coefficient (Wildman–Crippen LogP) is 8.38. The molecule has 2 saturated heterocycles. The number of carbonyl (C=O) groups is 5. The predicted molar refractivity (Wildman–Crippen MR) is 268 cm³/mol. The van der Waals surface area contributed by atoms with Crippen LogP contribution in [0.2, 0.25) is 0 Å². The van der Waals surface area contributed by atoms with E-state index in [0.29, 0.717) is 98.9 Å². The summed E-state index contributed by atoms with van der Waals surface area (Å²) in [4.78, 5) is 83.2. The summed E-state index contributed by atoms with van der Waals surface area (Å²) in [6, 6.07) is 18.6. The van der Waals surface area contributed by atoms with Crippen molar-refractivity contribution in [3.8, 4) is 28.5 Å². The third kappa shape index (κ3) is 14.2. The van der Waals surface area contributed by atoms with Crippen molar-refractivity contribution >= 4 is 51.1 Å². The molecule has 3 amide bonds. The number of ether oxygens (including phenoxy) is 2. The van der Waals surface area contributed by atoms with Gasteiger partial charge in [0.05, 0.1) is 55.2 Å². The van der Waals surface area contributed by atoms with Crippen molar-refractivity contribution in [3.63, 3.8) is 0 Å². The molecule has 0 bridgehead atoms. The van der Waals surface area contributed by atoms with E-state index in [4.69, 9.17) is 18.3 Å². The minimum Gasteiger partial charge on any atom is -0.480 e. The van der Waals surface area contributed by atoms with Crippen LogP contribution in [0.25, 0.3) is 44.5 Å². The number of hydrogen-bond donors (Lipinski definition) is 2. The van der Waals surface area contributed by atoms with Crippen LogP contribution in [-0.2, 0) is 28.7 Å². The van der Waals surface area contributed by atoms with Gasteiger partial charge in [0.25, 0.3) is 0 Å². The average molecular weight is 971 g/mol. The van der Waals surface area contributed by atoms with Crippen LogP contribution in [0.1, 0.15) is 115 Å². The third-order valence-corrected chi connectivity index (χ3v) is 12.9. The lowest BCUT2D eigenvalue weighted by Crippen LogP contribution is -2.52. The fraction of sp³-hybridized carbons (Fsp3) is 0.463. The summed E-state index contributed by atoms with van der Waals surface area (Å²) in [6.45, 7) is 6.87. The number of likely N-dealkylation sites (tertiary alicyclic amines) is 1. The van der Waals surface area contributed by atoms with Gasteiger partial charge in [0.1, 0.15) is 23.7 Å². The zero-order valence-corrected chi connectivity index (χ0v) is 41.3. The Balaban J connectivity index is 0.000000211. The van der Waals surface area contributed by atoms with Gasteiger partial charge < -0.3 is 38.7 Å². The van der Waals surface area contributed by atoms with Crippen molar-refractivity contribution in [2.24, 2.45) is 5.92 Å². The molecule has 376 valence electrons. The quantitative estimate of drug-likeness (QED) is 0.0483. The van der Waals surface area contributed by atoms with Crippen LogP contribution in [-0.4, -0.2) is 113 Å². The summed E-state index contributed by atoms with van der Waals surface area (Å²) >= 11 is 0. The van der Waals surface area contributed by atoms with E-state index < -0.39 is 17.9 Å². The fourth-order valence-corrected chi connectivity index (χ4v) is 8.73. The maximum atomic E-state index is 12.9. The Morgan fingerprint density at radius 3 is 1.96 bits per heavy atom. The van der Waals surface area contributed by atoms with Gasteiger partial charge in [-0.05, 0) is 57.0 Å². The molecule has 2 aliphatic heterocycles. The number of fused-ring (bicyclic) bond motifs is 2. The van der Waals surface area contributed by atoms with Gasteiger partial charge in [-0.1, -0.05) is 75.9 Å². The molecule has 2 atom stereocenters. The summed E-state index contributed by atoms with van der Waals surface area (Å²) in [5.41, 5.74) is 3.18.